The molecule has 5 heteroatoms. The van der Waals surface area contributed by atoms with Crippen LogP contribution in [0.25, 0.3) is 0 Å². The van der Waals surface area contributed by atoms with Gasteiger partial charge < -0.3 is 14.7 Å². The van der Waals surface area contributed by atoms with Crippen molar-refractivity contribution < 1.29 is 4.52 Å². The van der Waals surface area contributed by atoms with Crippen LogP contribution in [0.2, 0.25) is 0 Å². The molecule has 1 heterocycles. The van der Waals surface area contributed by atoms with Gasteiger partial charge in [-0.1, -0.05) is 11.2 Å². The third kappa shape index (κ3) is 3.68. The van der Waals surface area contributed by atoms with Crippen LogP contribution in [-0.2, 0) is 13.1 Å². The van der Waals surface area contributed by atoms with Crippen LogP contribution in [0.1, 0.15) is 11.7 Å². The fourth-order valence-electron chi connectivity index (χ4n) is 0.990. The summed E-state index contributed by atoms with van der Waals surface area (Å²) in [5.74, 6) is 1.33. The lowest BCUT2D eigenvalue weighted by Crippen LogP contribution is -2.14. The van der Waals surface area contributed by atoms with Crippen LogP contribution < -0.4 is 5.32 Å². The molecule has 0 saturated heterocycles. The zero-order valence-corrected chi connectivity index (χ0v) is 8.66. The average molecular weight is 196 g/mol. The van der Waals surface area contributed by atoms with Gasteiger partial charge in [0.15, 0.2) is 5.82 Å². The number of nitrogens with zero attached hydrogens (tertiary/aromatic N) is 3. The van der Waals surface area contributed by atoms with Crippen molar-refractivity contribution in [2.24, 2.45) is 0 Å². The second-order valence-electron chi connectivity index (χ2n) is 3.26. The quantitative estimate of drug-likeness (QED) is 0.527. The van der Waals surface area contributed by atoms with Crippen LogP contribution in [0.4, 0.5) is 0 Å². The fraction of sp³-hybridized carbons (Fsp3) is 0.556. The van der Waals surface area contributed by atoms with E-state index < -0.39 is 0 Å². The normalized spacial score (nSPS) is 10.8. The first kappa shape index (κ1) is 10.9. The Balaban J connectivity index is 2.38. The summed E-state index contributed by atoms with van der Waals surface area (Å²) in [5, 5.41) is 6.93. The molecule has 1 N–H and O–H groups in total. The summed E-state index contributed by atoms with van der Waals surface area (Å²) in [7, 11) is 3.93. The Hall–Kier alpha value is -1.20. The largest absolute Gasteiger partial charge is 0.338 e. The summed E-state index contributed by atoms with van der Waals surface area (Å²) in [6.45, 7) is 5.63. The molecule has 0 saturated carbocycles. The Morgan fingerprint density at radius 1 is 1.57 bits per heavy atom. The van der Waals surface area contributed by atoms with E-state index in [0.717, 1.165) is 6.54 Å². The molecule has 0 fully saturated rings. The SMILES string of the molecule is C=CCNCc1nc(CN(C)C)no1. The van der Waals surface area contributed by atoms with Gasteiger partial charge in [0.25, 0.3) is 0 Å². The number of hydrogen-bond acceptors (Lipinski definition) is 5. The molecule has 14 heavy (non-hydrogen) atoms. The molecular weight excluding hydrogens is 180 g/mol. The molecule has 5 nitrogen and oxygen atoms in total. The molecule has 0 aliphatic carbocycles. The minimum atomic E-state index is 0.590. The van der Waals surface area contributed by atoms with Crippen molar-refractivity contribution >= 4 is 0 Å². The zero-order chi connectivity index (χ0) is 10.4. The minimum absolute atomic E-state index is 0.590. The molecule has 1 aromatic heterocycles. The van der Waals surface area contributed by atoms with Crippen LogP contribution in [0.5, 0.6) is 0 Å². The molecule has 78 valence electrons. The summed E-state index contributed by atoms with van der Waals surface area (Å²) in [6.07, 6.45) is 1.79. The second kappa shape index (κ2) is 5.51. The van der Waals surface area contributed by atoms with Gasteiger partial charge in [-0.05, 0) is 14.1 Å². The smallest absolute Gasteiger partial charge is 0.240 e. The van der Waals surface area contributed by atoms with E-state index in [0.29, 0.717) is 24.8 Å². The summed E-state index contributed by atoms with van der Waals surface area (Å²) in [4.78, 5) is 6.20. The highest BCUT2D eigenvalue weighted by molar-refractivity contribution is 4.86. The molecule has 1 aromatic rings. The molecule has 0 radical (unpaired) electrons. The molecule has 0 spiro atoms. The highest BCUT2D eigenvalue weighted by Crippen LogP contribution is 1.98. The van der Waals surface area contributed by atoms with Crippen LogP contribution in [0.3, 0.4) is 0 Å². The topological polar surface area (TPSA) is 54.2 Å². The van der Waals surface area contributed by atoms with Gasteiger partial charge in [-0.2, -0.15) is 4.98 Å². The Morgan fingerprint density at radius 3 is 3.00 bits per heavy atom. The van der Waals surface area contributed by atoms with Gasteiger partial charge in [0.1, 0.15) is 0 Å². The second-order valence-corrected chi connectivity index (χ2v) is 3.26. The Morgan fingerprint density at radius 2 is 2.36 bits per heavy atom. The van der Waals surface area contributed by atoms with E-state index in [-0.39, 0.29) is 0 Å². The maximum absolute atomic E-state index is 5.03. The number of nitrogens with one attached hydrogen (secondary N) is 1. The van der Waals surface area contributed by atoms with Gasteiger partial charge >= 0.3 is 0 Å². The Kier molecular flexibility index (Phi) is 4.28. The van der Waals surface area contributed by atoms with Crippen molar-refractivity contribution in [2.75, 3.05) is 20.6 Å². The monoisotopic (exact) mass is 196 g/mol. The summed E-state index contributed by atoms with van der Waals surface area (Å²) in [5.41, 5.74) is 0. The maximum Gasteiger partial charge on any atom is 0.240 e. The van der Waals surface area contributed by atoms with Crippen molar-refractivity contribution in [2.45, 2.75) is 13.1 Å². The van der Waals surface area contributed by atoms with Crippen LogP contribution in [0.15, 0.2) is 17.2 Å². The lowest BCUT2D eigenvalue weighted by molar-refractivity contribution is 0.345. The van der Waals surface area contributed by atoms with Crippen molar-refractivity contribution in [3.8, 4) is 0 Å². The fourth-order valence-corrected chi connectivity index (χ4v) is 0.990. The molecule has 0 aliphatic rings. The van der Waals surface area contributed by atoms with Crippen LogP contribution in [0, 0.1) is 0 Å². The average Bonchev–Trinajstić information content (AvgIpc) is 2.52. The van der Waals surface area contributed by atoms with Gasteiger partial charge in [0.2, 0.25) is 5.89 Å². The third-order valence-corrected chi connectivity index (χ3v) is 1.53. The molecule has 0 aliphatic heterocycles. The Bertz CT molecular complexity index is 282. The molecule has 0 unspecified atom stereocenters. The van der Waals surface area contributed by atoms with E-state index in [1.54, 1.807) is 6.08 Å². The Labute approximate surface area is 83.8 Å². The van der Waals surface area contributed by atoms with Crippen molar-refractivity contribution in [1.82, 2.24) is 20.4 Å². The first-order valence-electron chi connectivity index (χ1n) is 4.50. The number of rotatable bonds is 6. The zero-order valence-electron chi connectivity index (χ0n) is 8.66. The van der Waals surface area contributed by atoms with E-state index in [2.05, 4.69) is 22.0 Å². The first-order valence-corrected chi connectivity index (χ1v) is 4.50. The first-order chi connectivity index (χ1) is 6.72. The maximum atomic E-state index is 5.03. The number of aromatic nitrogens is 2. The molecule has 1 rings (SSSR count). The number of hydrogen-bond donors (Lipinski definition) is 1. The van der Waals surface area contributed by atoms with Gasteiger partial charge in [-0.15, -0.1) is 6.58 Å². The lowest BCUT2D eigenvalue weighted by Gasteiger charge is -2.03. The third-order valence-electron chi connectivity index (χ3n) is 1.53. The molecule has 0 amide bonds. The van der Waals surface area contributed by atoms with Gasteiger partial charge in [-0.3, -0.25) is 0 Å². The molecular formula is C9H16N4O. The van der Waals surface area contributed by atoms with E-state index in [1.807, 2.05) is 19.0 Å². The summed E-state index contributed by atoms with van der Waals surface area (Å²) < 4.78 is 5.03. The molecule has 0 atom stereocenters. The van der Waals surface area contributed by atoms with E-state index in [4.69, 9.17) is 4.52 Å². The van der Waals surface area contributed by atoms with Crippen LogP contribution in [-0.4, -0.2) is 35.7 Å². The van der Waals surface area contributed by atoms with Crippen molar-refractivity contribution in [3.05, 3.63) is 24.4 Å². The van der Waals surface area contributed by atoms with Crippen LogP contribution >= 0.6 is 0 Å². The predicted molar refractivity (Wildman–Crippen MR) is 53.6 cm³/mol. The summed E-state index contributed by atoms with van der Waals surface area (Å²) in [6, 6.07) is 0. The molecule has 0 bridgehead atoms. The molecule has 0 aromatic carbocycles. The standard InChI is InChI=1S/C9H16N4O/c1-4-5-10-6-9-11-8(12-14-9)7-13(2)3/h4,10H,1,5-7H2,2-3H3. The van der Waals surface area contributed by atoms with E-state index >= 15 is 0 Å². The highest BCUT2D eigenvalue weighted by Gasteiger charge is 2.05. The van der Waals surface area contributed by atoms with E-state index in [9.17, 15) is 0 Å². The van der Waals surface area contributed by atoms with Gasteiger partial charge in [0.05, 0.1) is 13.1 Å². The lowest BCUT2D eigenvalue weighted by atomic mass is 10.5. The van der Waals surface area contributed by atoms with Gasteiger partial charge in [-0.25, -0.2) is 0 Å². The van der Waals surface area contributed by atoms with Gasteiger partial charge in [0, 0.05) is 6.54 Å². The summed E-state index contributed by atoms with van der Waals surface area (Å²) >= 11 is 0. The van der Waals surface area contributed by atoms with Crippen molar-refractivity contribution in [3.63, 3.8) is 0 Å². The minimum Gasteiger partial charge on any atom is -0.338 e. The van der Waals surface area contributed by atoms with E-state index in [1.165, 1.54) is 0 Å². The predicted octanol–water partition coefficient (Wildman–Crippen LogP) is 0.407. The van der Waals surface area contributed by atoms with Crippen molar-refractivity contribution in [1.29, 1.82) is 0 Å². The highest BCUT2D eigenvalue weighted by atomic mass is 16.5.